The van der Waals surface area contributed by atoms with Crippen LogP contribution in [0.3, 0.4) is 0 Å². The quantitative estimate of drug-likeness (QED) is 0.208. The molecule has 2 aromatic carbocycles. The number of fused-ring (bicyclic) bond motifs is 1. The lowest BCUT2D eigenvalue weighted by Gasteiger charge is -2.48. The highest BCUT2D eigenvalue weighted by Gasteiger charge is 2.42. The van der Waals surface area contributed by atoms with Gasteiger partial charge in [0.15, 0.2) is 11.2 Å². The smallest absolute Gasteiger partial charge is 0.287 e. The average Bonchev–Trinajstić information content (AvgIpc) is 3.58. The number of rotatable bonds is 11. The Morgan fingerprint density at radius 1 is 1.09 bits per heavy atom. The summed E-state index contributed by atoms with van der Waals surface area (Å²) in [5.41, 5.74) is 2.41. The molecule has 1 amide bonds. The lowest BCUT2D eigenvalue weighted by molar-refractivity contribution is 0.0104. The molecule has 2 aliphatic rings. The second kappa shape index (κ2) is 14.4. The Hall–Kier alpha value is -3.69. The number of carbonyl (C=O) groups is 1. The lowest BCUT2D eigenvalue weighted by atomic mass is 9.63. The average molecular weight is 645 g/mol. The van der Waals surface area contributed by atoms with Crippen LogP contribution in [0.5, 0.6) is 0 Å². The van der Waals surface area contributed by atoms with Crippen molar-refractivity contribution < 1.29 is 9.21 Å². The second-order valence-corrected chi connectivity index (χ2v) is 13.9. The fourth-order valence-corrected chi connectivity index (χ4v) is 7.65. The predicted molar refractivity (Wildman–Crippen MR) is 183 cm³/mol. The Kier molecular flexibility index (Phi) is 10.1. The van der Waals surface area contributed by atoms with Crippen LogP contribution in [-0.2, 0) is 13.0 Å². The molecule has 2 aromatic heterocycles. The molecule has 10 heteroatoms. The number of nitrogens with one attached hydrogen (secondary N) is 1. The van der Waals surface area contributed by atoms with E-state index in [0.29, 0.717) is 22.4 Å². The zero-order chi connectivity index (χ0) is 32.1. The van der Waals surface area contributed by atoms with E-state index in [0.717, 1.165) is 62.6 Å². The van der Waals surface area contributed by atoms with Gasteiger partial charge in [-0.3, -0.25) is 14.3 Å². The third kappa shape index (κ3) is 7.64. The van der Waals surface area contributed by atoms with Gasteiger partial charge in [-0.15, -0.1) is 0 Å². The predicted octanol–water partition coefficient (Wildman–Crippen LogP) is 6.20. The Bertz CT molecular complexity index is 1660. The van der Waals surface area contributed by atoms with Gasteiger partial charge >= 0.3 is 0 Å². The first-order valence-corrected chi connectivity index (χ1v) is 17.0. The number of carbonyl (C=O) groups excluding carboxylic acids is 1. The van der Waals surface area contributed by atoms with Gasteiger partial charge in [-0.2, -0.15) is 5.10 Å². The van der Waals surface area contributed by atoms with Gasteiger partial charge in [-0.1, -0.05) is 43.0 Å². The fraction of sp³-hybridized carbons (Fsp3) is 0.500. The molecule has 0 spiro atoms. The number of hydrogen-bond donors (Lipinski definition) is 1. The van der Waals surface area contributed by atoms with Crippen molar-refractivity contribution >= 4 is 34.2 Å². The second-order valence-electron chi connectivity index (χ2n) is 13.5. The summed E-state index contributed by atoms with van der Waals surface area (Å²) in [7, 11) is 3.84. The zero-order valence-corrected chi connectivity index (χ0v) is 27.7. The van der Waals surface area contributed by atoms with Gasteiger partial charge in [0.25, 0.3) is 5.91 Å². The number of amides is 1. The zero-order valence-electron chi connectivity index (χ0n) is 27.0. The summed E-state index contributed by atoms with van der Waals surface area (Å²) in [5, 5.41) is 8.81. The number of piperidine rings is 1. The van der Waals surface area contributed by atoms with E-state index in [1.807, 2.05) is 60.3 Å². The van der Waals surface area contributed by atoms with Crippen LogP contribution in [0.15, 0.2) is 70.4 Å². The molecule has 4 aromatic rings. The maximum Gasteiger partial charge on any atom is 0.287 e. The Labute approximate surface area is 275 Å². The molecule has 6 rings (SSSR count). The van der Waals surface area contributed by atoms with Crippen molar-refractivity contribution in [2.24, 2.45) is 11.3 Å². The minimum atomic E-state index is -0.377. The van der Waals surface area contributed by atoms with Crippen molar-refractivity contribution in [3.8, 4) is 0 Å². The summed E-state index contributed by atoms with van der Waals surface area (Å²) < 4.78 is 7.99. The van der Waals surface area contributed by atoms with Crippen molar-refractivity contribution in [3.05, 3.63) is 87.8 Å². The molecule has 0 radical (unpaired) electrons. The summed E-state index contributed by atoms with van der Waals surface area (Å²) in [6, 6.07) is 14.3. The minimum Gasteiger partial charge on any atom is -0.451 e. The Morgan fingerprint density at radius 3 is 2.54 bits per heavy atom. The van der Waals surface area contributed by atoms with Gasteiger partial charge in [-0.25, -0.2) is 4.98 Å². The maximum atomic E-state index is 13.5. The first kappa shape index (κ1) is 32.3. The van der Waals surface area contributed by atoms with Gasteiger partial charge in [0.1, 0.15) is 18.2 Å². The SMILES string of the molecule is CN(C)c1ccc2oc(C(=O)N[C@H](CCN3CCC(Cn4cncn4)(C4CCCCC4)CC3)Cc3ccc(Cl)cc3)cc(=O)c2c1. The molecule has 1 aliphatic heterocycles. The largest absolute Gasteiger partial charge is 0.451 e. The normalized spacial score (nSPS) is 18.0. The molecule has 46 heavy (non-hydrogen) atoms. The number of benzene rings is 2. The number of hydrogen-bond acceptors (Lipinski definition) is 7. The van der Waals surface area contributed by atoms with Gasteiger partial charge in [0, 0.05) is 50.0 Å². The fourth-order valence-electron chi connectivity index (χ4n) is 7.53. The number of nitrogens with zero attached hydrogens (tertiary/aromatic N) is 5. The summed E-state index contributed by atoms with van der Waals surface area (Å²) in [6.07, 6.45) is 13.8. The topological polar surface area (TPSA) is 96.5 Å². The Balaban J connectivity index is 1.14. The van der Waals surface area contributed by atoms with E-state index in [1.54, 1.807) is 18.5 Å². The lowest BCUT2D eigenvalue weighted by Crippen LogP contribution is -2.48. The summed E-state index contributed by atoms with van der Waals surface area (Å²) in [5.74, 6) is 0.382. The molecule has 3 heterocycles. The maximum absolute atomic E-state index is 13.5. The van der Waals surface area contributed by atoms with Crippen LogP contribution in [0.1, 0.15) is 67.5 Å². The van der Waals surface area contributed by atoms with Crippen LogP contribution in [0, 0.1) is 11.3 Å². The van der Waals surface area contributed by atoms with E-state index < -0.39 is 0 Å². The van der Waals surface area contributed by atoms with E-state index in [1.165, 1.54) is 38.2 Å². The molecule has 1 saturated heterocycles. The summed E-state index contributed by atoms with van der Waals surface area (Å²) in [4.78, 5) is 35.2. The third-order valence-electron chi connectivity index (χ3n) is 10.2. The van der Waals surface area contributed by atoms with Crippen molar-refractivity contribution in [1.82, 2.24) is 25.0 Å². The van der Waals surface area contributed by atoms with Crippen molar-refractivity contribution in [2.45, 2.75) is 70.4 Å². The number of aromatic nitrogens is 3. The van der Waals surface area contributed by atoms with Crippen LogP contribution in [0.25, 0.3) is 11.0 Å². The van der Waals surface area contributed by atoms with Crippen LogP contribution in [-0.4, -0.2) is 65.3 Å². The van der Waals surface area contributed by atoms with Crippen molar-refractivity contribution in [1.29, 1.82) is 0 Å². The molecule has 1 N–H and O–H groups in total. The van der Waals surface area contributed by atoms with Crippen LogP contribution >= 0.6 is 11.6 Å². The van der Waals surface area contributed by atoms with Crippen LogP contribution in [0.2, 0.25) is 5.02 Å². The van der Waals surface area contributed by atoms with Crippen LogP contribution < -0.4 is 15.6 Å². The first-order valence-electron chi connectivity index (χ1n) is 16.6. The highest BCUT2D eigenvalue weighted by atomic mass is 35.5. The highest BCUT2D eigenvalue weighted by molar-refractivity contribution is 6.30. The molecule has 0 unspecified atom stereocenters. The number of likely N-dealkylation sites (tertiary alicyclic amines) is 1. The molecule has 244 valence electrons. The van der Waals surface area contributed by atoms with Crippen molar-refractivity contribution in [3.63, 3.8) is 0 Å². The molecule has 2 fully saturated rings. The molecule has 1 aliphatic carbocycles. The van der Waals surface area contributed by atoms with E-state index in [4.69, 9.17) is 16.0 Å². The molecule has 1 saturated carbocycles. The van der Waals surface area contributed by atoms with Crippen LogP contribution in [0.4, 0.5) is 5.69 Å². The molecular weight excluding hydrogens is 600 g/mol. The minimum absolute atomic E-state index is 0.0274. The van der Waals surface area contributed by atoms with Gasteiger partial charge < -0.3 is 19.5 Å². The monoisotopic (exact) mass is 644 g/mol. The number of halogens is 1. The third-order valence-corrected chi connectivity index (χ3v) is 10.5. The standard InChI is InChI=1S/C36H45ClN6O3/c1-41(2)30-12-13-33-31(21-30)32(44)22-34(46-33)35(45)40-29(20-26-8-10-28(37)11-9-26)14-17-42-18-15-36(16-19-42,23-43-25-38-24-39-43)27-6-4-3-5-7-27/h8-13,21-22,24-25,27,29H,3-7,14-20,23H2,1-2H3,(H,40,45)/t29-/m1/s1. The molecular formula is C36H45ClN6O3. The van der Waals surface area contributed by atoms with E-state index in [2.05, 4.69) is 20.3 Å². The summed E-state index contributed by atoms with van der Waals surface area (Å²) in [6.45, 7) is 3.87. The van der Waals surface area contributed by atoms with E-state index in [-0.39, 0.29) is 28.6 Å². The van der Waals surface area contributed by atoms with Crippen molar-refractivity contribution in [2.75, 3.05) is 38.6 Å². The van der Waals surface area contributed by atoms with E-state index in [9.17, 15) is 9.59 Å². The molecule has 0 bridgehead atoms. The van der Waals surface area contributed by atoms with Gasteiger partial charge in [0.2, 0.25) is 0 Å². The highest BCUT2D eigenvalue weighted by Crippen LogP contribution is 2.47. The van der Waals surface area contributed by atoms with Gasteiger partial charge in [0.05, 0.1) is 5.39 Å². The van der Waals surface area contributed by atoms with E-state index >= 15 is 0 Å². The van der Waals surface area contributed by atoms with Gasteiger partial charge in [-0.05, 0) is 98.8 Å². The molecule has 1 atom stereocenters. The molecule has 9 nitrogen and oxygen atoms in total. The number of anilines is 1. The Morgan fingerprint density at radius 2 is 1.85 bits per heavy atom. The first-order chi connectivity index (χ1) is 22.3. The summed E-state index contributed by atoms with van der Waals surface area (Å²) >= 11 is 6.16.